The predicted octanol–water partition coefficient (Wildman–Crippen LogP) is 2.43. The van der Waals surface area contributed by atoms with Crippen LogP contribution in [0.15, 0.2) is 54.6 Å². The summed E-state index contributed by atoms with van der Waals surface area (Å²) in [6, 6.07) is 16.5. The van der Waals surface area contributed by atoms with Crippen LogP contribution >= 0.6 is 11.8 Å². The molecule has 0 radical (unpaired) electrons. The van der Waals surface area contributed by atoms with Crippen LogP contribution in [0.2, 0.25) is 0 Å². The van der Waals surface area contributed by atoms with Crippen molar-refractivity contribution in [3.8, 4) is 11.5 Å². The summed E-state index contributed by atoms with van der Waals surface area (Å²) in [5.41, 5.74) is 12.1. The highest BCUT2D eigenvalue weighted by molar-refractivity contribution is 7.99. The number of hydrogen-bond acceptors (Lipinski definition) is 6. The van der Waals surface area contributed by atoms with Gasteiger partial charge >= 0.3 is 0 Å². The molecule has 0 bridgehead atoms. The van der Waals surface area contributed by atoms with Crippen LogP contribution in [0.1, 0.15) is 18.9 Å². The van der Waals surface area contributed by atoms with Crippen molar-refractivity contribution >= 4 is 17.7 Å². The first-order valence-electron chi connectivity index (χ1n) is 8.96. The maximum atomic E-state index is 11.9. The summed E-state index contributed by atoms with van der Waals surface area (Å²) in [4.78, 5) is 11.9. The zero-order chi connectivity index (χ0) is 19.5. The smallest absolute Gasteiger partial charge is 0.264 e. The van der Waals surface area contributed by atoms with Crippen LogP contribution in [0.5, 0.6) is 11.5 Å². The van der Waals surface area contributed by atoms with Gasteiger partial charge in [0.25, 0.3) is 5.91 Å². The van der Waals surface area contributed by atoms with E-state index < -0.39 is 18.1 Å². The fraction of sp³-hybridized carbons (Fsp3) is 0.350. The van der Waals surface area contributed by atoms with Crippen LogP contribution in [0.4, 0.5) is 0 Å². The first kappa shape index (κ1) is 21.2. The summed E-state index contributed by atoms with van der Waals surface area (Å²) < 4.78 is 5.74. The number of carbonyl (C=O) groups is 1. The quantitative estimate of drug-likeness (QED) is 0.348. The van der Waals surface area contributed by atoms with Crippen molar-refractivity contribution in [3.05, 3.63) is 60.2 Å². The molecule has 2 unspecified atom stereocenters. The molecule has 2 atom stereocenters. The van der Waals surface area contributed by atoms with Gasteiger partial charge in [0.2, 0.25) is 0 Å². The number of carbonyl (C=O) groups excluding carboxylic acids is 1. The largest absolute Gasteiger partial charge is 0.457 e. The van der Waals surface area contributed by atoms with Crippen molar-refractivity contribution in [1.29, 1.82) is 0 Å². The molecule has 2 aromatic rings. The Balaban J connectivity index is 1.72. The summed E-state index contributed by atoms with van der Waals surface area (Å²) >= 11 is 1.73. The average molecular weight is 390 g/mol. The van der Waals surface area contributed by atoms with E-state index in [4.69, 9.17) is 10.5 Å². The minimum atomic E-state index is -1.23. The van der Waals surface area contributed by atoms with Crippen LogP contribution in [-0.2, 0) is 11.3 Å². The Morgan fingerprint density at radius 1 is 1.15 bits per heavy atom. The standard InChI is InChI=1S/C20H27N3O3S/c1-2-27-13-12-18(21)19(24)20(25)23-22-14-15-8-10-17(11-9-15)26-16-6-4-3-5-7-16/h3-11,18-19,22,24H,2,12-14,21H2,1H3,(H,23,25). The average Bonchev–Trinajstić information content (AvgIpc) is 2.69. The van der Waals surface area contributed by atoms with Crippen LogP contribution in [0, 0.1) is 0 Å². The molecule has 0 aromatic heterocycles. The van der Waals surface area contributed by atoms with Crippen LogP contribution in [0.3, 0.4) is 0 Å². The summed E-state index contributed by atoms with van der Waals surface area (Å²) in [5, 5.41) is 9.96. The van der Waals surface area contributed by atoms with E-state index in [2.05, 4.69) is 17.8 Å². The summed E-state index contributed by atoms with van der Waals surface area (Å²) in [7, 11) is 0. The number of hydrazine groups is 1. The zero-order valence-electron chi connectivity index (χ0n) is 15.4. The molecular formula is C20H27N3O3S. The Morgan fingerprint density at radius 2 is 1.81 bits per heavy atom. The summed E-state index contributed by atoms with van der Waals surface area (Å²) in [6.45, 7) is 2.48. The summed E-state index contributed by atoms with van der Waals surface area (Å²) in [6.07, 6.45) is -0.632. The monoisotopic (exact) mass is 389 g/mol. The molecule has 0 spiro atoms. The van der Waals surface area contributed by atoms with Gasteiger partial charge in [-0.15, -0.1) is 0 Å². The Hall–Kier alpha value is -2.06. The number of para-hydroxylation sites is 1. The molecule has 2 aromatic carbocycles. The fourth-order valence-electron chi connectivity index (χ4n) is 2.32. The van der Waals surface area contributed by atoms with Crippen molar-refractivity contribution in [3.63, 3.8) is 0 Å². The van der Waals surface area contributed by atoms with Crippen LogP contribution in [0.25, 0.3) is 0 Å². The molecule has 0 aliphatic carbocycles. The number of amides is 1. The minimum absolute atomic E-state index is 0.422. The molecule has 0 aliphatic heterocycles. The van der Waals surface area contributed by atoms with Gasteiger partial charge in [-0.05, 0) is 47.8 Å². The lowest BCUT2D eigenvalue weighted by atomic mass is 10.1. The number of rotatable bonds is 11. The predicted molar refractivity (Wildman–Crippen MR) is 110 cm³/mol. The van der Waals surface area contributed by atoms with Gasteiger partial charge in [0.15, 0.2) is 0 Å². The molecule has 0 aliphatic rings. The second-order valence-electron chi connectivity index (χ2n) is 6.00. The minimum Gasteiger partial charge on any atom is -0.457 e. The van der Waals surface area contributed by atoms with E-state index in [1.807, 2.05) is 54.6 Å². The molecule has 7 heteroatoms. The van der Waals surface area contributed by atoms with Crippen molar-refractivity contribution in [2.45, 2.75) is 32.0 Å². The Bertz CT molecular complexity index is 683. The number of benzene rings is 2. The van der Waals surface area contributed by atoms with Crippen molar-refractivity contribution in [2.24, 2.45) is 5.73 Å². The number of nitrogens with two attached hydrogens (primary N) is 1. The third-order valence-electron chi connectivity index (χ3n) is 3.88. The second-order valence-corrected chi connectivity index (χ2v) is 7.39. The van der Waals surface area contributed by atoms with Crippen LogP contribution < -0.4 is 21.3 Å². The van der Waals surface area contributed by atoms with Gasteiger partial charge in [-0.1, -0.05) is 37.3 Å². The van der Waals surface area contributed by atoms with E-state index in [0.29, 0.717) is 13.0 Å². The highest BCUT2D eigenvalue weighted by Gasteiger charge is 2.22. The third kappa shape index (κ3) is 7.60. The van der Waals surface area contributed by atoms with E-state index in [-0.39, 0.29) is 0 Å². The Kier molecular flexibility index (Phi) is 9.13. The number of aliphatic hydroxyl groups is 1. The molecule has 1 amide bonds. The SMILES string of the molecule is CCSCCC(N)C(O)C(=O)NNCc1ccc(Oc2ccccc2)cc1. The van der Waals surface area contributed by atoms with Gasteiger partial charge in [-0.2, -0.15) is 11.8 Å². The van der Waals surface area contributed by atoms with Gasteiger partial charge in [0, 0.05) is 12.6 Å². The van der Waals surface area contributed by atoms with Gasteiger partial charge in [0.05, 0.1) is 0 Å². The van der Waals surface area contributed by atoms with E-state index >= 15 is 0 Å². The molecule has 6 nitrogen and oxygen atoms in total. The molecule has 0 saturated heterocycles. The van der Waals surface area contributed by atoms with Gasteiger partial charge in [-0.3, -0.25) is 10.2 Å². The first-order chi connectivity index (χ1) is 13.1. The lowest BCUT2D eigenvalue weighted by molar-refractivity contribution is -0.131. The summed E-state index contributed by atoms with van der Waals surface area (Å²) in [5.74, 6) is 2.81. The maximum Gasteiger partial charge on any atom is 0.264 e. The zero-order valence-corrected chi connectivity index (χ0v) is 16.2. The Morgan fingerprint density at radius 3 is 2.48 bits per heavy atom. The molecule has 0 saturated carbocycles. The van der Waals surface area contributed by atoms with Gasteiger partial charge < -0.3 is 15.6 Å². The lowest BCUT2D eigenvalue weighted by Crippen LogP contribution is -2.50. The molecule has 2 rings (SSSR count). The van der Waals surface area contributed by atoms with E-state index in [0.717, 1.165) is 28.6 Å². The van der Waals surface area contributed by atoms with Gasteiger partial charge in [-0.25, -0.2) is 5.43 Å². The second kappa shape index (κ2) is 11.6. The van der Waals surface area contributed by atoms with E-state index in [9.17, 15) is 9.90 Å². The lowest BCUT2D eigenvalue weighted by Gasteiger charge is -2.18. The maximum absolute atomic E-state index is 11.9. The normalized spacial score (nSPS) is 13.0. The molecular weight excluding hydrogens is 362 g/mol. The molecule has 27 heavy (non-hydrogen) atoms. The van der Waals surface area contributed by atoms with Crippen LogP contribution in [-0.4, -0.2) is 34.7 Å². The number of thioether (sulfide) groups is 1. The fourth-order valence-corrected chi connectivity index (χ4v) is 3.05. The topological polar surface area (TPSA) is 96.6 Å². The number of nitrogens with one attached hydrogen (secondary N) is 2. The van der Waals surface area contributed by atoms with E-state index in [1.165, 1.54) is 0 Å². The Labute approximate surface area is 164 Å². The number of hydrogen-bond donors (Lipinski definition) is 4. The van der Waals surface area contributed by atoms with Crippen molar-refractivity contribution < 1.29 is 14.6 Å². The van der Waals surface area contributed by atoms with E-state index in [1.54, 1.807) is 11.8 Å². The van der Waals surface area contributed by atoms with Crippen molar-refractivity contribution in [2.75, 3.05) is 11.5 Å². The van der Waals surface area contributed by atoms with Gasteiger partial charge in [0.1, 0.15) is 17.6 Å². The number of aliphatic hydroxyl groups excluding tert-OH is 1. The molecule has 5 N–H and O–H groups in total. The highest BCUT2D eigenvalue weighted by atomic mass is 32.2. The molecule has 0 fully saturated rings. The van der Waals surface area contributed by atoms with Crippen molar-refractivity contribution in [1.82, 2.24) is 10.9 Å². The molecule has 146 valence electrons. The molecule has 0 heterocycles. The first-order valence-corrected chi connectivity index (χ1v) is 10.1. The highest BCUT2D eigenvalue weighted by Crippen LogP contribution is 2.20. The third-order valence-corrected chi connectivity index (χ3v) is 4.81. The number of ether oxygens (including phenoxy) is 1.